The zero-order chi connectivity index (χ0) is 13.0. The predicted octanol–water partition coefficient (Wildman–Crippen LogP) is 4.24. The van der Waals surface area contributed by atoms with Crippen LogP contribution in [0.15, 0.2) is 48.5 Å². The molecule has 0 saturated carbocycles. The number of para-hydroxylation sites is 2. The van der Waals surface area contributed by atoms with E-state index >= 15 is 0 Å². The Labute approximate surface area is 107 Å². The number of benzene rings is 2. The highest BCUT2D eigenvalue weighted by molar-refractivity contribution is 5.96. The minimum absolute atomic E-state index is 0.0135. The van der Waals surface area contributed by atoms with Crippen LogP contribution < -0.4 is 4.74 Å². The number of carbonyl (C=O) groups is 1. The van der Waals surface area contributed by atoms with E-state index in [1.54, 1.807) is 13.0 Å². The highest BCUT2D eigenvalue weighted by Gasteiger charge is 2.09. The van der Waals surface area contributed by atoms with Gasteiger partial charge in [0.2, 0.25) is 0 Å². The fourth-order valence-corrected chi connectivity index (χ4v) is 1.86. The number of carbonyl (C=O) groups excluding carboxylic acids is 1. The van der Waals surface area contributed by atoms with E-state index in [0.717, 1.165) is 17.7 Å². The maximum atomic E-state index is 11.5. The second-order valence-electron chi connectivity index (χ2n) is 4.12. The molecule has 0 saturated heterocycles. The summed E-state index contributed by atoms with van der Waals surface area (Å²) >= 11 is 0. The molecule has 0 atom stereocenters. The molecule has 92 valence electrons. The zero-order valence-corrected chi connectivity index (χ0v) is 10.6. The van der Waals surface area contributed by atoms with E-state index in [1.807, 2.05) is 42.5 Å². The lowest BCUT2D eigenvalue weighted by Gasteiger charge is -2.12. The van der Waals surface area contributed by atoms with Gasteiger partial charge in [-0.25, -0.2) is 0 Å². The summed E-state index contributed by atoms with van der Waals surface area (Å²) in [6, 6.07) is 15.2. The highest BCUT2D eigenvalue weighted by Crippen LogP contribution is 2.28. The van der Waals surface area contributed by atoms with Crippen LogP contribution in [0, 0.1) is 0 Å². The van der Waals surface area contributed by atoms with Crippen LogP contribution >= 0.6 is 0 Å². The summed E-state index contributed by atoms with van der Waals surface area (Å²) in [6.07, 6.45) is 0.901. The van der Waals surface area contributed by atoms with Crippen molar-refractivity contribution in [3.63, 3.8) is 0 Å². The lowest BCUT2D eigenvalue weighted by Crippen LogP contribution is -1.98. The van der Waals surface area contributed by atoms with Crippen LogP contribution in [-0.2, 0) is 6.42 Å². The van der Waals surface area contributed by atoms with Crippen molar-refractivity contribution in [2.45, 2.75) is 20.3 Å². The van der Waals surface area contributed by atoms with E-state index in [9.17, 15) is 4.79 Å². The van der Waals surface area contributed by atoms with Crippen molar-refractivity contribution in [1.82, 2.24) is 0 Å². The van der Waals surface area contributed by atoms with Gasteiger partial charge in [0.05, 0.1) is 5.56 Å². The molecule has 0 fully saturated rings. The predicted molar refractivity (Wildman–Crippen MR) is 72.3 cm³/mol. The number of aryl methyl sites for hydroxylation is 1. The number of Topliss-reactive ketones (excluding diaryl/α,β-unsaturated/α-hetero) is 1. The Morgan fingerprint density at radius 1 is 1.00 bits per heavy atom. The molecule has 0 aliphatic carbocycles. The zero-order valence-electron chi connectivity index (χ0n) is 10.6. The van der Waals surface area contributed by atoms with E-state index < -0.39 is 0 Å². The van der Waals surface area contributed by atoms with Gasteiger partial charge in [0.1, 0.15) is 11.5 Å². The first-order valence-electron chi connectivity index (χ1n) is 6.08. The molecule has 0 amide bonds. The molecular weight excluding hydrogens is 224 g/mol. The molecule has 0 unspecified atom stereocenters. The van der Waals surface area contributed by atoms with E-state index in [0.29, 0.717) is 11.3 Å². The molecule has 0 bridgehead atoms. The molecule has 0 radical (unpaired) electrons. The Hall–Kier alpha value is -2.09. The minimum Gasteiger partial charge on any atom is -0.456 e. The number of ether oxygens (including phenoxy) is 1. The SMILES string of the molecule is CCc1ccccc1Oc1ccccc1C(C)=O. The van der Waals surface area contributed by atoms with Gasteiger partial charge in [-0.15, -0.1) is 0 Å². The molecule has 0 aliphatic heterocycles. The highest BCUT2D eigenvalue weighted by atomic mass is 16.5. The van der Waals surface area contributed by atoms with Gasteiger partial charge < -0.3 is 4.74 Å². The van der Waals surface area contributed by atoms with Gasteiger partial charge in [0.15, 0.2) is 5.78 Å². The van der Waals surface area contributed by atoms with Crippen LogP contribution in [0.3, 0.4) is 0 Å². The first-order chi connectivity index (χ1) is 8.72. The molecule has 2 rings (SSSR count). The minimum atomic E-state index is 0.0135. The van der Waals surface area contributed by atoms with Gasteiger partial charge in [-0.3, -0.25) is 4.79 Å². The van der Waals surface area contributed by atoms with Gasteiger partial charge >= 0.3 is 0 Å². The molecular formula is C16H16O2. The van der Waals surface area contributed by atoms with E-state index in [2.05, 4.69) is 6.92 Å². The molecule has 2 aromatic carbocycles. The third-order valence-corrected chi connectivity index (χ3v) is 2.84. The summed E-state index contributed by atoms with van der Waals surface area (Å²) in [4.78, 5) is 11.5. The van der Waals surface area contributed by atoms with Crippen LogP contribution in [0.2, 0.25) is 0 Å². The van der Waals surface area contributed by atoms with Crippen molar-refractivity contribution >= 4 is 5.78 Å². The van der Waals surface area contributed by atoms with Crippen molar-refractivity contribution in [3.8, 4) is 11.5 Å². The summed E-state index contributed by atoms with van der Waals surface area (Å²) < 4.78 is 5.87. The van der Waals surface area contributed by atoms with Crippen molar-refractivity contribution < 1.29 is 9.53 Å². The molecule has 0 heterocycles. The van der Waals surface area contributed by atoms with Crippen molar-refractivity contribution in [2.75, 3.05) is 0 Å². The lowest BCUT2D eigenvalue weighted by molar-refractivity contribution is 0.101. The fourth-order valence-electron chi connectivity index (χ4n) is 1.86. The van der Waals surface area contributed by atoms with Crippen LogP contribution in [0.5, 0.6) is 11.5 Å². The number of hydrogen-bond donors (Lipinski definition) is 0. The Morgan fingerprint density at radius 2 is 1.61 bits per heavy atom. The van der Waals surface area contributed by atoms with E-state index in [1.165, 1.54) is 0 Å². The third kappa shape index (κ3) is 2.59. The Bertz CT molecular complexity index is 559. The number of ketones is 1. The van der Waals surface area contributed by atoms with Crippen LogP contribution in [0.4, 0.5) is 0 Å². The van der Waals surface area contributed by atoms with Gasteiger partial charge in [0.25, 0.3) is 0 Å². The molecule has 0 spiro atoms. The average molecular weight is 240 g/mol. The van der Waals surface area contributed by atoms with Crippen molar-refractivity contribution in [2.24, 2.45) is 0 Å². The van der Waals surface area contributed by atoms with Crippen LogP contribution in [0.1, 0.15) is 29.8 Å². The van der Waals surface area contributed by atoms with Crippen molar-refractivity contribution in [3.05, 3.63) is 59.7 Å². The Kier molecular flexibility index (Phi) is 3.78. The second kappa shape index (κ2) is 5.50. The van der Waals surface area contributed by atoms with Crippen molar-refractivity contribution in [1.29, 1.82) is 0 Å². The first-order valence-corrected chi connectivity index (χ1v) is 6.08. The lowest BCUT2D eigenvalue weighted by atomic mass is 10.1. The monoisotopic (exact) mass is 240 g/mol. The fraction of sp³-hybridized carbons (Fsp3) is 0.188. The van der Waals surface area contributed by atoms with Crippen LogP contribution in [-0.4, -0.2) is 5.78 Å². The number of rotatable bonds is 4. The maximum Gasteiger partial charge on any atom is 0.163 e. The van der Waals surface area contributed by atoms with Gasteiger partial charge in [-0.05, 0) is 37.1 Å². The largest absolute Gasteiger partial charge is 0.456 e. The first kappa shape index (κ1) is 12.4. The van der Waals surface area contributed by atoms with Gasteiger partial charge in [-0.1, -0.05) is 37.3 Å². The average Bonchev–Trinajstić information content (AvgIpc) is 2.40. The van der Waals surface area contributed by atoms with Gasteiger partial charge in [-0.2, -0.15) is 0 Å². The topological polar surface area (TPSA) is 26.3 Å². The maximum absolute atomic E-state index is 11.5. The molecule has 0 aliphatic rings. The second-order valence-corrected chi connectivity index (χ2v) is 4.12. The molecule has 18 heavy (non-hydrogen) atoms. The molecule has 2 heteroatoms. The Morgan fingerprint density at radius 3 is 2.28 bits per heavy atom. The summed E-state index contributed by atoms with van der Waals surface area (Å²) in [5.74, 6) is 1.44. The molecule has 2 aromatic rings. The summed E-state index contributed by atoms with van der Waals surface area (Å²) in [5, 5.41) is 0. The normalized spacial score (nSPS) is 10.1. The molecule has 2 nitrogen and oxygen atoms in total. The summed E-state index contributed by atoms with van der Waals surface area (Å²) in [5.41, 5.74) is 1.75. The van der Waals surface area contributed by atoms with Gasteiger partial charge in [0, 0.05) is 0 Å². The molecule has 0 N–H and O–H groups in total. The standard InChI is InChI=1S/C16H16O2/c1-3-13-8-4-6-10-15(13)18-16-11-7-5-9-14(16)12(2)17/h4-11H,3H2,1-2H3. The number of hydrogen-bond acceptors (Lipinski definition) is 2. The summed E-state index contributed by atoms with van der Waals surface area (Å²) in [7, 11) is 0. The van der Waals surface area contributed by atoms with E-state index in [-0.39, 0.29) is 5.78 Å². The quantitative estimate of drug-likeness (QED) is 0.747. The van der Waals surface area contributed by atoms with E-state index in [4.69, 9.17) is 4.74 Å². The van der Waals surface area contributed by atoms with Crippen LogP contribution in [0.25, 0.3) is 0 Å². The summed E-state index contributed by atoms with van der Waals surface area (Å²) in [6.45, 7) is 3.63. The molecule has 0 aromatic heterocycles. The Balaban J connectivity index is 2.37. The third-order valence-electron chi connectivity index (χ3n) is 2.84. The smallest absolute Gasteiger partial charge is 0.163 e.